The lowest BCUT2D eigenvalue weighted by atomic mass is 10.0. The van der Waals surface area contributed by atoms with Gasteiger partial charge in [0, 0.05) is 5.92 Å². The van der Waals surface area contributed by atoms with E-state index in [9.17, 15) is 0 Å². The van der Waals surface area contributed by atoms with E-state index in [2.05, 4.69) is 25.7 Å². The third kappa shape index (κ3) is 7.66. The smallest absolute Gasteiger partial charge is 0.0174 e. The van der Waals surface area contributed by atoms with Gasteiger partial charge in [-0.15, -0.1) is 11.8 Å². The summed E-state index contributed by atoms with van der Waals surface area (Å²) >= 11 is 0. The molecule has 70 valence electrons. The molecule has 1 unspecified atom stereocenters. The Kier molecular flexibility index (Phi) is 8.34. The van der Waals surface area contributed by atoms with E-state index < -0.39 is 0 Å². The molecule has 0 aliphatic heterocycles. The van der Waals surface area contributed by atoms with Gasteiger partial charge in [0.1, 0.15) is 0 Å². The molecule has 1 atom stereocenters. The summed E-state index contributed by atoms with van der Waals surface area (Å²) in [5.74, 6) is 6.76. The van der Waals surface area contributed by atoms with Crippen molar-refractivity contribution < 1.29 is 0 Å². The van der Waals surface area contributed by atoms with E-state index in [0.29, 0.717) is 5.92 Å². The molecule has 0 aromatic rings. The van der Waals surface area contributed by atoms with Gasteiger partial charge in [0.05, 0.1) is 0 Å². The van der Waals surface area contributed by atoms with Gasteiger partial charge in [0.15, 0.2) is 0 Å². The molecular weight excluding hydrogens is 144 g/mol. The lowest BCUT2D eigenvalue weighted by Gasteiger charge is -2.02. The van der Waals surface area contributed by atoms with Gasteiger partial charge in [-0.25, -0.2) is 0 Å². The van der Waals surface area contributed by atoms with E-state index in [0.717, 1.165) is 0 Å². The molecule has 0 N–H and O–H groups in total. The molecule has 0 amide bonds. The second kappa shape index (κ2) is 8.65. The molecule has 0 radical (unpaired) electrons. The first-order chi connectivity index (χ1) is 5.81. The maximum absolute atomic E-state index is 3.19. The Balaban J connectivity index is 3.12. The molecule has 12 heavy (non-hydrogen) atoms. The molecule has 0 heterocycles. The normalized spacial score (nSPS) is 11.9. The summed E-state index contributed by atoms with van der Waals surface area (Å²) in [5.41, 5.74) is 0. The van der Waals surface area contributed by atoms with Crippen molar-refractivity contribution in [2.75, 3.05) is 0 Å². The Morgan fingerprint density at radius 1 is 1.08 bits per heavy atom. The van der Waals surface area contributed by atoms with Crippen molar-refractivity contribution in [2.45, 2.75) is 59.3 Å². The van der Waals surface area contributed by atoms with E-state index in [-0.39, 0.29) is 0 Å². The standard InChI is InChI=1S/C12H22/c1-4-6-7-8-9-11-12(3)10-5-2/h12H,4,6-9,11H2,1-3H3. The first-order valence-corrected chi connectivity index (χ1v) is 5.23. The first-order valence-electron chi connectivity index (χ1n) is 5.23. The first kappa shape index (κ1) is 11.6. The van der Waals surface area contributed by atoms with Gasteiger partial charge in [-0.2, -0.15) is 0 Å². The third-order valence-electron chi connectivity index (χ3n) is 2.13. The minimum atomic E-state index is 0.608. The van der Waals surface area contributed by atoms with Crippen LogP contribution in [0, 0.1) is 17.8 Å². The number of hydrogen-bond acceptors (Lipinski definition) is 0. The molecule has 0 nitrogen and oxygen atoms in total. The summed E-state index contributed by atoms with van der Waals surface area (Å²) in [5, 5.41) is 0. The molecule has 0 rings (SSSR count). The van der Waals surface area contributed by atoms with Crippen LogP contribution in [0.1, 0.15) is 59.3 Å². The zero-order valence-electron chi connectivity index (χ0n) is 8.82. The Morgan fingerprint density at radius 2 is 1.75 bits per heavy atom. The lowest BCUT2D eigenvalue weighted by Crippen LogP contribution is -1.89. The van der Waals surface area contributed by atoms with Crippen LogP contribution in [0.25, 0.3) is 0 Å². The van der Waals surface area contributed by atoms with Gasteiger partial charge in [0.25, 0.3) is 0 Å². The molecule has 0 spiro atoms. The predicted molar refractivity (Wildman–Crippen MR) is 56.0 cm³/mol. The van der Waals surface area contributed by atoms with Crippen molar-refractivity contribution in [2.24, 2.45) is 5.92 Å². The van der Waals surface area contributed by atoms with Crippen LogP contribution in [0.4, 0.5) is 0 Å². The second-order valence-electron chi connectivity index (χ2n) is 3.50. The molecule has 0 bridgehead atoms. The fourth-order valence-corrected chi connectivity index (χ4v) is 1.37. The van der Waals surface area contributed by atoms with Crippen LogP contribution >= 0.6 is 0 Å². The highest BCUT2D eigenvalue weighted by atomic mass is 14.0. The molecule has 0 saturated carbocycles. The molecule has 0 fully saturated rings. The van der Waals surface area contributed by atoms with Gasteiger partial charge in [0.2, 0.25) is 0 Å². The lowest BCUT2D eigenvalue weighted by molar-refractivity contribution is 0.559. The van der Waals surface area contributed by atoms with Gasteiger partial charge in [-0.3, -0.25) is 0 Å². The topological polar surface area (TPSA) is 0 Å². The van der Waals surface area contributed by atoms with E-state index in [1.165, 1.54) is 38.5 Å². The summed E-state index contributed by atoms with van der Waals surface area (Å²) in [6, 6.07) is 0. The third-order valence-corrected chi connectivity index (χ3v) is 2.13. The largest absolute Gasteiger partial charge is 0.106 e. The summed E-state index contributed by atoms with van der Waals surface area (Å²) in [4.78, 5) is 0. The average molecular weight is 166 g/mol. The summed E-state index contributed by atoms with van der Waals surface area (Å²) < 4.78 is 0. The minimum Gasteiger partial charge on any atom is -0.106 e. The maximum Gasteiger partial charge on any atom is 0.0174 e. The van der Waals surface area contributed by atoms with Gasteiger partial charge in [-0.1, -0.05) is 46.0 Å². The quantitative estimate of drug-likeness (QED) is 0.413. The van der Waals surface area contributed by atoms with E-state index in [1.54, 1.807) is 0 Å². The van der Waals surface area contributed by atoms with Crippen molar-refractivity contribution in [1.82, 2.24) is 0 Å². The van der Waals surface area contributed by atoms with Crippen LogP contribution in [0.2, 0.25) is 0 Å². The van der Waals surface area contributed by atoms with Crippen molar-refractivity contribution in [1.29, 1.82) is 0 Å². The number of rotatable bonds is 6. The maximum atomic E-state index is 3.19. The molecule has 0 aliphatic carbocycles. The van der Waals surface area contributed by atoms with Crippen molar-refractivity contribution in [3.63, 3.8) is 0 Å². The van der Waals surface area contributed by atoms with Crippen molar-refractivity contribution >= 4 is 0 Å². The van der Waals surface area contributed by atoms with E-state index in [1.807, 2.05) is 6.92 Å². The average Bonchev–Trinajstić information content (AvgIpc) is 2.05. The molecular formula is C12H22. The summed E-state index contributed by atoms with van der Waals surface area (Å²) in [6.45, 7) is 6.40. The zero-order chi connectivity index (χ0) is 9.23. The SMILES string of the molecule is CC#CC(C)CCCCCCC. The Labute approximate surface area is 77.8 Å². The van der Waals surface area contributed by atoms with Crippen LogP contribution in [-0.2, 0) is 0 Å². The highest BCUT2D eigenvalue weighted by Crippen LogP contribution is 2.10. The molecule has 0 heteroatoms. The minimum absolute atomic E-state index is 0.608. The van der Waals surface area contributed by atoms with E-state index >= 15 is 0 Å². The van der Waals surface area contributed by atoms with Crippen LogP contribution in [0.5, 0.6) is 0 Å². The van der Waals surface area contributed by atoms with Crippen LogP contribution < -0.4 is 0 Å². The summed E-state index contributed by atoms with van der Waals surface area (Å²) in [6.07, 6.45) is 8.17. The van der Waals surface area contributed by atoms with Crippen LogP contribution in [-0.4, -0.2) is 0 Å². The van der Waals surface area contributed by atoms with Crippen molar-refractivity contribution in [3.05, 3.63) is 0 Å². The highest BCUT2D eigenvalue weighted by Gasteiger charge is 1.95. The van der Waals surface area contributed by atoms with Crippen LogP contribution in [0.3, 0.4) is 0 Å². The zero-order valence-corrected chi connectivity index (χ0v) is 8.82. The molecule has 0 saturated heterocycles. The fourth-order valence-electron chi connectivity index (χ4n) is 1.37. The van der Waals surface area contributed by atoms with Gasteiger partial charge in [-0.05, 0) is 13.3 Å². The Bertz CT molecular complexity index is 136. The summed E-state index contributed by atoms with van der Waals surface area (Å²) in [7, 11) is 0. The number of hydrogen-bond donors (Lipinski definition) is 0. The van der Waals surface area contributed by atoms with E-state index in [4.69, 9.17) is 0 Å². The molecule has 0 aliphatic rings. The predicted octanol–water partition coefficient (Wildman–Crippen LogP) is 4.01. The Morgan fingerprint density at radius 3 is 2.33 bits per heavy atom. The van der Waals surface area contributed by atoms with Gasteiger partial charge >= 0.3 is 0 Å². The molecule has 0 aromatic heterocycles. The monoisotopic (exact) mass is 166 g/mol. The Hall–Kier alpha value is -0.440. The molecule has 0 aromatic carbocycles. The van der Waals surface area contributed by atoms with Crippen LogP contribution in [0.15, 0.2) is 0 Å². The second-order valence-corrected chi connectivity index (χ2v) is 3.50. The van der Waals surface area contributed by atoms with Crippen molar-refractivity contribution in [3.8, 4) is 11.8 Å². The number of unbranched alkanes of at least 4 members (excludes halogenated alkanes) is 4. The highest BCUT2D eigenvalue weighted by molar-refractivity contribution is 4.98. The fraction of sp³-hybridized carbons (Fsp3) is 0.833. The van der Waals surface area contributed by atoms with Gasteiger partial charge < -0.3 is 0 Å².